The van der Waals surface area contributed by atoms with Gasteiger partial charge in [-0.3, -0.25) is 4.79 Å². The molecule has 0 bridgehead atoms. The van der Waals surface area contributed by atoms with Crippen LogP contribution in [0.5, 0.6) is 0 Å². The molecular weight excluding hydrogens is 504 g/mol. The monoisotopic (exact) mass is 577 g/mol. The van der Waals surface area contributed by atoms with Crippen LogP contribution in [0.15, 0.2) is 0 Å². The van der Waals surface area contributed by atoms with Gasteiger partial charge < -0.3 is 4.74 Å². The van der Waals surface area contributed by atoms with Gasteiger partial charge in [0.2, 0.25) is 0 Å². The van der Waals surface area contributed by atoms with E-state index in [1.54, 1.807) is 0 Å². The summed E-state index contributed by atoms with van der Waals surface area (Å²) in [5.74, 6) is 0.0284. The minimum Gasteiger partial charge on any atom is -0.466 e. The van der Waals surface area contributed by atoms with Gasteiger partial charge in [-0.2, -0.15) is 0 Å². The van der Waals surface area contributed by atoms with Crippen molar-refractivity contribution in [2.24, 2.45) is 0 Å². The summed E-state index contributed by atoms with van der Waals surface area (Å²) in [5.41, 5.74) is 0. The van der Waals surface area contributed by atoms with Gasteiger partial charge in [-0.25, -0.2) is 0 Å². The van der Waals surface area contributed by atoms with Gasteiger partial charge in [0.25, 0.3) is 0 Å². The van der Waals surface area contributed by atoms with Gasteiger partial charge in [0, 0.05) is 44.2 Å². The SMILES string of the molecule is CCCCCCCCCCCCCCCCCCOC(=O)CCCCCCCCCCCCCCCCC.[Ca]. The predicted molar refractivity (Wildman–Crippen MR) is 176 cm³/mol. The average molecular weight is 577 g/mol. The summed E-state index contributed by atoms with van der Waals surface area (Å²) in [4.78, 5) is 11.9. The van der Waals surface area contributed by atoms with E-state index in [9.17, 15) is 4.79 Å². The number of unbranched alkanes of at least 4 members (excludes halogenated alkanes) is 29. The number of carbonyl (C=O) groups is 1. The molecule has 0 rings (SSSR count). The Balaban J connectivity index is 0. The molecule has 0 aliphatic heterocycles. The molecule has 0 aromatic carbocycles. The van der Waals surface area contributed by atoms with Crippen LogP contribution in [0.3, 0.4) is 0 Å². The fourth-order valence-electron chi connectivity index (χ4n) is 5.55. The fourth-order valence-corrected chi connectivity index (χ4v) is 5.55. The van der Waals surface area contributed by atoms with Crippen molar-refractivity contribution in [2.75, 3.05) is 6.61 Å². The van der Waals surface area contributed by atoms with Crippen molar-refractivity contribution in [3.8, 4) is 0 Å². The van der Waals surface area contributed by atoms with Crippen molar-refractivity contribution in [1.82, 2.24) is 0 Å². The summed E-state index contributed by atoms with van der Waals surface area (Å²) < 4.78 is 5.44. The molecular formula is C36H72CaO2. The van der Waals surface area contributed by atoms with Crippen molar-refractivity contribution < 1.29 is 9.53 Å². The molecule has 0 aliphatic carbocycles. The second kappa shape index (κ2) is 38.7. The summed E-state index contributed by atoms with van der Waals surface area (Å²) in [7, 11) is 0. The van der Waals surface area contributed by atoms with Crippen molar-refractivity contribution in [3.05, 3.63) is 0 Å². The first kappa shape index (κ1) is 41.9. The van der Waals surface area contributed by atoms with Crippen LogP contribution < -0.4 is 0 Å². The van der Waals surface area contributed by atoms with Crippen LogP contribution in [0.4, 0.5) is 0 Å². The average Bonchev–Trinajstić information content (AvgIpc) is 2.92. The summed E-state index contributed by atoms with van der Waals surface area (Å²) >= 11 is 0. The summed E-state index contributed by atoms with van der Waals surface area (Å²) in [6, 6.07) is 0. The maximum atomic E-state index is 11.9. The topological polar surface area (TPSA) is 26.3 Å². The van der Waals surface area contributed by atoms with E-state index in [0.717, 1.165) is 12.8 Å². The smallest absolute Gasteiger partial charge is 0.305 e. The molecule has 2 radical (unpaired) electrons. The molecule has 0 amide bonds. The van der Waals surface area contributed by atoms with Crippen molar-refractivity contribution >= 4 is 43.7 Å². The number of esters is 1. The Kier molecular flexibility index (Phi) is 41.6. The molecule has 0 atom stereocenters. The van der Waals surface area contributed by atoms with E-state index in [1.807, 2.05) is 0 Å². The Morgan fingerprint density at radius 2 is 0.590 bits per heavy atom. The summed E-state index contributed by atoms with van der Waals surface area (Å²) in [6.45, 7) is 5.22. The molecule has 0 fully saturated rings. The largest absolute Gasteiger partial charge is 0.466 e. The molecule has 0 saturated carbocycles. The van der Waals surface area contributed by atoms with E-state index in [0.29, 0.717) is 13.0 Å². The Labute approximate surface area is 277 Å². The second-order valence-electron chi connectivity index (χ2n) is 12.2. The predicted octanol–water partition coefficient (Wildman–Crippen LogP) is 12.7. The van der Waals surface area contributed by atoms with Crippen LogP contribution in [0, 0.1) is 0 Å². The van der Waals surface area contributed by atoms with Crippen molar-refractivity contribution in [3.63, 3.8) is 0 Å². The molecule has 0 aromatic rings. The Morgan fingerprint density at radius 1 is 0.359 bits per heavy atom. The normalized spacial score (nSPS) is 11.0. The van der Waals surface area contributed by atoms with Crippen molar-refractivity contribution in [1.29, 1.82) is 0 Å². The molecule has 2 nitrogen and oxygen atoms in total. The molecule has 230 valence electrons. The Bertz CT molecular complexity index is 440. The molecule has 0 N–H and O–H groups in total. The van der Waals surface area contributed by atoms with Gasteiger partial charge in [0.1, 0.15) is 0 Å². The van der Waals surface area contributed by atoms with Crippen LogP contribution in [0.1, 0.15) is 219 Å². The minimum absolute atomic E-state index is 0. The van der Waals surface area contributed by atoms with Crippen LogP contribution >= 0.6 is 0 Å². The quantitative estimate of drug-likeness (QED) is 0.0441. The Morgan fingerprint density at radius 3 is 0.872 bits per heavy atom. The summed E-state index contributed by atoms with van der Waals surface area (Å²) in [6.07, 6.45) is 43.1. The minimum atomic E-state index is 0. The van der Waals surface area contributed by atoms with E-state index in [4.69, 9.17) is 4.74 Å². The van der Waals surface area contributed by atoms with E-state index in [1.165, 1.54) is 186 Å². The second-order valence-corrected chi connectivity index (χ2v) is 12.2. The van der Waals surface area contributed by atoms with E-state index in [-0.39, 0.29) is 43.7 Å². The maximum Gasteiger partial charge on any atom is 0.305 e. The third-order valence-electron chi connectivity index (χ3n) is 8.25. The van der Waals surface area contributed by atoms with Crippen LogP contribution in [-0.2, 0) is 9.53 Å². The first-order valence-electron chi connectivity index (χ1n) is 18.0. The van der Waals surface area contributed by atoms with Gasteiger partial charge in [0.05, 0.1) is 6.61 Å². The van der Waals surface area contributed by atoms with Crippen LogP contribution in [0.2, 0.25) is 0 Å². The fraction of sp³-hybridized carbons (Fsp3) is 0.972. The third-order valence-corrected chi connectivity index (χ3v) is 8.25. The van der Waals surface area contributed by atoms with Gasteiger partial charge in [-0.05, 0) is 12.8 Å². The zero-order chi connectivity index (χ0) is 27.6. The van der Waals surface area contributed by atoms with Gasteiger partial charge in [-0.1, -0.05) is 200 Å². The molecule has 0 saturated heterocycles. The number of carbonyl (C=O) groups excluding carboxylic acids is 1. The van der Waals surface area contributed by atoms with E-state index in [2.05, 4.69) is 13.8 Å². The van der Waals surface area contributed by atoms with Crippen LogP contribution in [0.25, 0.3) is 0 Å². The Hall–Kier alpha value is 0.730. The molecule has 3 heteroatoms. The van der Waals surface area contributed by atoms with Crippen molar-refractivity contribution in [2.45, 2.75) is 219 Å². The standard InChI is InChI=1S/C36H72O2.Ca/c1-3-5-7-9-11-13-15-17-19-21-23-25-27-29-31-33-35-38-36(37)34-32-30-28-26-24-22-20-18-16-14-12-10-8-6-4-2;/h3-35H2,1-2H3;. The summed E-state index contributed by atoms with van der Waals surface area (Å²) in [5, 5.41) is 0. The molecule has 0 aliphatic rings. The first-order chi connectivity index (χ1) is 18.8. The number of ether oxygens (including phenoxy) is 1. The molecule has 39 heavy (non-hydrogen) atoms. The number of hydrogen-bond donors (Lipinski definition) is 0. The van der Waals surface area contributed by atoms with Gasteiger partial charge >= 0.3 is 5.97 Å². The first-order valence-corrected chi connectivity index (χ1v) is 18.0. The van der Waals surface area contributed by atoms with Gasteiger partial charge in [-0.15, -0.1) is 0 Å². The molecule has 0 spiro atoms. The van der Waals surface area contributed by atoms with Crippen LogP contribution in [-0.4, -0.2) is 50.3 Å². The zero-order valence-electron chi connectivity index (χ0n) is 27.4. The van der Waals surface area contributed by atoms with E-state index >= 15 is 0 Å². The molecule has 0 unspecified atom stereocenters. The third kappa shape index (κ3) is 38.7. The number of rotatable bonds is 33. The molecule has 0 aromatic heterocycles. The molecule has 0 heterocycles. The maximum absolute atomic E-state index is 11.9. The number of hydrogen-bond acceptors (Lipinski definition) is 2. The van der Waals surface area contributed by atoms with Gasteiger partial charge in [0.15, 0.2) is 0 Å². The zero-order valence-corrected chi connectivity index (χ0v) is 29.6. The van der Waals surface area contributed by atoms with E-state index < -0.39 is 0 Å².